The lowest BCUT2D eigenvalue weighted by molar-refractivity contribution is 0.0998. The first-order valence-electron chi connectivity index (χ1n) is 8.91. The molecule has 7 heteroatoms. The van der Waals surface area contributed by atoms with Crippen LogP contribution in [0.2, 0.25) is 10.0 Å². The van der Waals surface area contributed by atoms with Crippen molar-refractivity contribution in [3.63, 3.8) is 0 Å². The van der Waals surface area contributed by atoms with Gasteiger partial charge in [-0.1, -0.05) is 60.8 Å². The Hall–Kier alpha value is -2.63. The zero-order chi connectivity index (χ0) is 19.9. The summed E-state index contributed by atoms with van der Waals surface area (Å²) in [6.07, 6.45) is 3.43. The highest BCUT2D eigenvalue weighted by Gasteiger charge is 2.12. The van der Waals surface area contributed by atoms with E-state index in [0.717, 1.165) is 18.5 Å². The Labute approximate surface area is 173 Å². The van der Waals surface area contributed by atoms with Gasteiger partial charge >= 0.3 is 0 Å². The van der Waals surface area contributed by atoms with E-state index >= 15 is 0 Å². The molecule has 0 aliphatic carbocycles. The van der Waals surface area contributed by atoms with Gasteiger partial charge in [0, 0.05) is 6.07 Å². The monoisotopic (exact) mass is 415 g/mol. The molecular weight excluding hydrogens is 397 g/mol. The highest BCUT2D eigenvalue weighted by Crippen LogP contribution is 2.26. The number of unbranched alkanes of at least 4 members (excludes halogenated alkanes) is 1. The van der Waals surface area contributed by atoms with Crippen LogP contribution in [0.25, 0.3) is 5.69 Å². The summed E-state index contributed by atoms with van der Waals surface area (Å²) in [5.74, 6) is 0.0113. The maximum absolute atomic E-state index is 12.5. The first kappa shape index (κ1) is 20.1. The molecule has 0 atom stereocenters. The van der Waals surface area contributed by atoms with Crippen LogP contribution in [-0.4, -0.2) is 22.3 Å². The molecule has 0 radical (unpaired) electrons. The maximum atomic E-state index is 12.5. The molecule has 3 rings (SSSR count). The first-order valence-corrected chi connectivity index (χ1v) is 9.66. The Morgan fingerprint density at radius 1 is 1.14 bits per heavy atom. The van der Waals surface area contributed by atoms with E-state index in [1.54, 1.807) is 28.9 Å². The van der Waals surface area contributed by atoms with E-state index in [1.165, 1.54) is 6.20 Å². The summed E-state index contributed by atoms with van der Waals surface area (Å²) in [5.41, 5.74) is 1.09. The molecular formula is C21H19Cl2N3O2. The number of rotatable bonds is 6. The van der Waals surface area contributed by atoms with E-state index in [9.17, 15) is 4.79 Å². The lowest BCUT2D eigenvalue weighted by Gasteiger charge is -2.13. The fourth-order valence-electron chi connectivity index (χ4n) is 2.49. The van der Waals surface area contributed by atoms with E-state index in [4.69, 9.17) is 27.9 Å². The topological polar surface area (TPSA) is 56.5 Å². The van der Waals surface area contributed by atoms with Gasteiger partial charge in [-0.15, -0.1) is 0 Å². The number of hydrogen-bond acceptors (Lipinski definition) is 3. The first-order chi connectivity index (χ1) is 13.6. The SMILES string of the molecule is CCCCOc1c/c(=N\C(=O)c2cccc(Cl)c2Cl)cnn1-c1ccccc1. The highest BCUT2D eigenvalue weighted by atomic mass is 35.5. The summed E-state index contributed by atoms with van der Waals surface area (Å²) in [5, 5.41) is 5.26. The van der Waals surface area contributed by atoms with E-state index in [-0.39, 0.29) is 10.6 Å². The summed E-state index contributed by atoms with van der Waals surface area (Å²) in [7, 11) is 0. The molecule has 5 nitrogen and oxygen atoms in total. The predicted molar refractivity (Wildman–Crippen MR) is 110 cm³/mol. The molecule has 0 spiro atoms. The molecule has 0 unspecified atom stereocenters. The highest BCUT2D eigenvalue weighted by molar-refractivity contribution is 6.43. The smallest absolute Gasteiger partial charge is 0.279 e. The molecule has 0 bridgehead atoms. The Balaban J connectivity index is 1.99. The van der Waals surface area contributed by atoms with Crippen molar-refractivity contribution in [3.05, 3.63) is 81.8 Å². The average Bonchev–Trinajstić information content (AvgIpc) is 2.71. The van der Waals surface area contributed by atoms with Crippen LogP contribution in [0.15, 0.2) is 65.8 Å². The minimum atomic E-state index is -0.494. The molecule has 2 aromatic carbocycles. The lowest BCUT2D eigenvalue weighted by Crippen LogP contribution is -2.16. The van der Waals surface area contributed by atoms with Crippen LogP contribution < -0.4 is 10.1 Å². The Morgan fingerprint density at radius 3 is 2.68 bits per heavy atom. The second kappa shape index (κ2) is 9.53. The lowest BCUT2D eigenvalue weighted by atomic mass is 10.2. The van der Waals surface area contributed by atoms with Gasteiger partial charge in [0.05, 0.1) is 39.5 Å². The molecule has 1 amide bonds. The van der Waals surface area contributed by atoms with E-state index in [2.05, 4.69) is 17.0 Å². The summed E-state index contributed by atoms with van der Waals surface area (Å²) in [6.45, 7) is 2.63. The normalized spacial score (nSPS) is 11.5. The number of hydrogen-bond donors (Lipinski definition) is 0. The van der Waals surface area contributed by atoms with Gasteiger partial charge in [0.1, 0.15) is 0 Å². The van der Waals surface area contributed by atoms with Crippen molar-refractivity contribution in [1.29, 1.82) is 0 Å². The number of amides is 1. The minimum absolute atomic E-state index is 0.181. The summed E-state index contributed by atoms with van der Waals surface area (Å²) in [6, 6.07) is 16.2. The summed E-state index contributed by atoms with van der Waals surface area (Å²) < 4.78 is 7.56. The van der Waals surface area contributed by atoms with E-state index in [1.807, 2.05) is 30.3 Å². The van der Waals surface area contributed by atoms with Crippen LogP contribution in [0, 0.1) is 0 Å². The van der Waals surface area contributed by atoms with Gasteiger partial charge in [-0.05, 0) is 30.7 Å². The third kappa shape index (κ3) is 4.80. The van der Waals surface area contributed by atoms with Gasteiger partial charge in [0.25, 0.3) is 5.91 Å². The third-order valence-electron chi connectivity index (χ3n) is 3.95. The fourth-order valence-corrected chi connectivity index (χ4v) is 2.87. The van der Waals surface area contributed by atoms with E-state index < -0.39 is 5.91 Å². The van der Waals surface area contributed by atoms with Crippen molar-refractivity contribution < 1.29 is 9.53 Å². The number of carbonyl (C=O) groups is 1. The number of ether oxygens (including phenoxy) is 1. The fraction of sp³-hybridized carbons (Fsp3) is 0.190. The number of para-hydroxylation sites is 1. The molecule has 0 saturated carbocycles. The number of halogens is 2. The summed E-state index contributed by atoms with van der Waals surface area (Å²) >= 11 is 12.1. The second-order valence-corrected chi connectivity index (χ2v) is 6.80. The van der Waals surface area contributed by atoms with Crippen LogP contribution in [0.5, 0.6) is 5.88 Å². The van der Waals surface area contributed by atoms with E-state index in [0.29, 0.717) is 22.9 Å². The maximum Gasteiger partial charge on any atom is 0.279 e. The number of benzene rings is 2. The van der Waals surface area contributed by atoms with Gasteiger partial charge < -0.3 is 4.74 Å². The third-order valence-corrected chi connectivity index (χ3v) is 4.77. The molecule has 3 aromatic rings. The van der Waals surface area contributed by atoms with Gasteiger partial charge in [0.2, 0.25) is 5.88 Å². The average molecular weight is 416 g/mol. The van der Waals surface area contributed by atoms with Crippen molar-refractivity contribution in [2.45, 2.75) is 19.8 Å². The van der Waals surface area contributed by atoms with Crippen molar-refractivity contribution >= 4 is 29.1 Å². The Morgan fingerprint density at radius 2 is 1.93 bits per heavy atom. The summed E-state index contributed by atoms with van der Waals surface area (Å²) in [4.78, 5) is 16.6. The van der Waals surface area contributed by atoms with Crippen LogP contribution >= 0.6 is 23.2 Å². The van der Waals surface area contributed by atoms with Crippen molar-refractivity contribution in [1.82, 2.24) is 9.78 Å². The van der Waals surface area contributed by atoms with Gasteiger partial charge in [0.15, 0.2) is 0 Å². The standard InChI is InChI=1S/C21H19Cl2N3O2/c1-2-3-12-28-19-13-15(14-24-26(19)16-8-5-4-6-9-16)25-21(27)17-10-7-11-18(22)20(17)23/h4-11,13-14H,2-3,12H2,1H3/b25-15+. The molecule has 28 heavy (non-hydrogen) atoms. The zero-order valence-electron chi connectivity index (χ0n) is 15.3. The van der Waals surface area contributed by atoms with Crippen molar-refractivity contribution in [3.8, 4) is 11.6 Å². The number of aromatic nitrogens is 2. The van der Waals surface area contributed by atoms with Crippen LogP contribution in [0.3, 0.4) is 0 Å². The second-order valence-electron chi connectivity index (χ2n) is 6.02. The molecule has 1 heterocycles. The van der Waals surface area contributed by atoms with Crippen LogP contribution in [0.4, 0.5) is 0 Å². The predicted octanol–water partition coefficient (Wildman–Crippen LogP) is 5.10. The van der Waals surface area contributed by atoms with Crippen LogP contribution in [-0.2, 0) is 0 Å². The zero-order valence-corrected chi connectivity index (χ0v) is 16.8. The minimum Gasteiger partial charge on any atom is -0.478 e. The molecule has 0 aliphatic rings. The number of carbonyl (C=O) groups excluding carboxylic acids is 1. The van der Waals surface area contributed by atoms with Crippen molar-refractivity contribution in [2.24, 2.45) is 4.99 Å². The van der Waals surface area contributed by atoms with Crippen molar-refractivity contribution in [2.75, 3.05) is 6.61 Å². The van der Waals surface area contributed by atoms with Gasteiger partial charge in [-0.3, -0.25) is 4.79 Å². The molecule has 0 aliphatic heterocycles. The molecule has 0 fully saturated rings. The van der Waals surface area contributed by atoms with Gasteiger partial charge in [-0.25, -0.2) is 9.67 Å². The molecule has 0 N–H and O–H groups in total. The quantitative estimate of drug-likeness (QED) is 0.526. The Kier molecular flexibility index (Phi) is 6.85. The van der Waals surface area contributed by atoms with Crippen LogP contribution in [0.1, 0.15) is 30.1 Å². The molecule has 144 valence electrons. The Bertz CT molecular complexity index is 1030. The van der Waals surface area contributed by atoms with Gasteiger partial charge in [-0.2, -0.15) is 5.10 Å². The molecule has 0 saturated heterocycles. The molecule has 1 aromatic heterocycles. The number of nitrogens with zero attached hydrogens (tertiary/aromatic N) is 3. The largest absolute Gasteiger partial charge is 0.478 e.